The molecule has 1 aliphatic heterocycles. The third-order valence-electron chi connectivity index (χ3n) is 3.21. The molecule has 0 aromatic heterocycles. The van der Waals surface area contributed by atoms with E-state index in [2.05, 4.69) is 5.32 Å². The molecule has 1 amide bonds. The molecule has 0 saturated heterocycles. The van der Waals surface area contributed by atoms with E-state index in [1.165, 1.54) is 25.1 Å². The van der Waals surface area contributed by atoms with Crippen molar-refractivity contribution in [3.05, 3.63) is 51.2 Å². The molecule has 1 atom stereocenters. The molecule has 7 nitrogen and oxygen atoms in total. The molecule has 0 radical (unpaired) electrons. The van der Waals surface area contributed by atoms with E-state index in [1.54, 1.807) is 6.07 Å². The lowest BCUT2D eigenvalue weighted by Gasteiger charge is -2.25. The van der Waals surface area contributed by atoms with Crippen LogP contribution in [0.5, 0.6) is 0 Å². The Morgan fingerprint density at radius 2 is 2.10 bits per heavy atom. The number of rotatable bonds is 3. The molecule has 0 aliphatic carbocycles. The van der Waals surface area contributed by atoms with Crippen LogP contribution >= 0.6 is 0 Å². The highest BCUT2D eigenvalue weighted by atomic mass is 16.6. The van der Waals surface area contributed by atoms with Gasteiger partial charge in [-0.05, 0) is 6.92 Å². The number of nitrogens with one attached hydrogen (secondary N) is 1. The van der Waals surface area contributed by atoms with E-state index in [4.69, 9.17) is 0 Å². The number of hydrogen-bond acceptors (Lipinski definition) is 4. The van der Waals surface area contributed by atoms with Crippen molar-refractivity contribution in [2.45, 2.75) is 19.3 Å². The second-order valence-electron chi connectivity index (χ2n) is 4.46. The molecule has 1 aliphatic rings. The summed E-state index contributed by atoms with van der Waals surface area (Å²) >= 11 is 0. The first-order valence-electron chi connectivity index (χ1n) is 5.89. The Labute approximate surface area is 114 Å². The fraction of sp³-hybridized carbons (Fsp3) is 0.231. The summed E-state index contributed by atoms with van der Waals surface area (Å²) in [4.78, 5) is 33.4. The monoisotopic (exact) mass is 276 g/mol. The number of hydrogen-bond donors (Lipinski definition) is 2. The Bertz CT molecular complexity index is 635. The molecule has 0 bridgehead atoms. The molecule has 2 N–H and O–H groups in total. The molecule has 2 rings (SSSR count). The summed E-state index contributed by atoms with van der Waals surface area (Å²) in [5, 5.41) is 22.8. The number of nitro benzene ring substituents is 1. The minimum atomic E-state index is -1.19. The topological polar surface area (TPSA) is 110 Å². The largest absolute Gasteiger partial charge is 0.478 e. The smallest absolute Gasteiger partial charge is 0.333 e. The fourth-order valence-electron chi connectivity index (χ4n) is 2.40. The number of aliphatic carboxylic acids is 1. The van der Waals surface area contributed by atoms with Gasteiger partial charge in [0.2, 0.25) is 5.91 Å². The third-order valence-corrected chi connectivity index (χ3v) is 3.21. The SMILES string of the molecule is CC1=C(C(=O)O)[C@H](c2ccccc2[N+](=O)[O-])CC(=O)N1. The Morgan fingerprint density at radius 1 is 1.45 bits per heavy atom. The van der Waals surface area contributed by atoms with E-state index in [0.29, 0.717) is 0 Å². The predicted molar refractivity (Wildman–Crippen MR) is 68.9 cm³/mol. The quantitative estimate of drug-likeness (QED) is 0.643. The summed E-state index contributed by atoms with van der Waals surface area (Å²) in [6, 6.07) is 5.87. The lowest BCUT2D eigenvalue weighted by Crippen LogP contribution is -2.33. The van der Waals surface area contributed by atoms with Gasteiger partial charge in [-0.2, -0.15) is 0 Å². The van der Waals surface area contributed by atoms with E-state index in [0.717, 1.165) is 0 Å². The molecule has 7 heteroatoms. The van der Waals surface area contributed by atoms with Crippen LogP contribution in [0.2, 0.25) is 0 Å². The first-order chi connectivity index (χ1) is 9.41. The maximum absolute atomic E-state index is 11.6. The van der Waals surface area contributed by atoms with Gasteiger partial charge in [-0.25, -0.2) is 4.79 Å². The van der Waals surface area contributed by atoms with Crippen molar-refractivity contribution in [2.75, 3.05) is 0 Å². The number of carboxylic acid groups (broad SMARTS) is 1. The number of nitro groups is 1. The van der Waals surface area contributed by atoms with E-state index >= 15 is 0 Å². The lowest BCUT2D eigenvalue weighted by molar-refractivity contribution is -0.385. The minimum Gasteiger partial charge on any atom is -0.478 e. The average molecular weight is 276 g/mol. The zero-order valence-electron chi connectivity index (χ0n) is 10.6. The Morgan fingerprint density at radius 3 is 2.70 bits per heavy atom. The van der Waals surface area contributed by atoms with Crippen LogP contribution in [0.3, 0.4) is 0 Å². The molecule has 1 aromatic carbocycles. The normalized spacial score (nSPS) is 18.6. The van der Waals surface area contributed by atoms with Crippen molar-refractivity contribution < 1.29 is 19.6 Å². The number of para-hydroxylation sites is 1. The summed E-state index contributed by atoms with van der Waals surface area (Å²) in [6.45, 7) is 1.47. The Kier molecular flexibility index (Phi) is 3.51. The Balaban J connectivity index is 2.61. The molecular formula is C13H12N2O5. The van der Waals surface area contributed by atoms with Gasteiger partial charge >= 0.3 is 5.97 Å². The predicted octanol–water partition coefficient (Wildman–Crippen LogP) is 1.56. The maximum atomic E-state index is 11.6. The molecule has 104 valence electrons. The van der Waals surface area contributed by atoms with Gasteiger partial charge in [0.25, 0.3) is 5.69 Å². The Hall–Kier alpha value is -2.70. The first-order valence-corrected chi connectivity index (χ1v) is 5.89. The van der Waals surface area contributed by atoms with Crippen LogP contribution < -0.4 is 5.32 Å². The summed E-state index contributed by atoms with van der Waals surface area (Å²) in [5.74, 6) is -2.36. The van der Waals surface area contributed by atoms with Gasteiger partial charge in [0.1, 0.15) is 0 Å². The van der Waals surface area contributed by atoms with Crippen LogP contribution in [-0.2, 0) is 9.59 Å². The number of nitrogens with zero attached hydrogens (tertiary/aromatic N) is 1. The number of amides is 1. The average Bonchev–Trinajstić information content (AvgIpc) is 2.37. The number of carbonyl (C=O) groups is 2. The molecule has 1 heterocycles. The van der Waals surface area contributed by atoms with Crippen molar-refractivity contribution in [1.29, 1.82) is 0 Å². The standard InChI is InChI=1S/C13H12N2O5/c1-7-12(13(17)18)9(6-11(16)14-7)8-4-2-3-5-10(8)15(19)20/h2-5,9H,6H2,1H3,(H,14,16)(H,17,18)/t9-/m0/s1. The van der Waals surface area contributed by atoms with Crippen molar-refractivity contribution in [3.8, 4) is 0 Å². The van der Waals surface area contributed by atoms with Crippen LogP contribution in [0.4, 0.5) is 5.69 Å². The van der Waals surface area contributed by atoms with Crippen LogP contribution in [-0.4, -0.2) is 21.9 Å². The zero-order valence-corrected chi connectivity index (χ0v) is 10.6. The van der Waals surface area contributed by atoms with E-state index < -0.39 is 16.8 Å². The van der Waals surface area contributed by atoms with Gasteiger partial charge in [0, 0.05) is 29.7 Å². The number of benzene rings is 1. The fourth-order valence-corrected chi connectivity index (χ4v) is 2.40. The second-order valence-corrected chi connectivity index (χ2v) is 4.46. The van der Waals surface area contributed by atoms with Crippen molar-refractivity contribution in [3.63, 3.8) is 0 Å². The van der Waals surface area contributed by atoms with Crippen LogP contribution in [0, 0.1) is 10.1 Å². The minimum absolute atomic E-state index is 0.0149. The van der Waals surface area contributed by atoms with Gasteiger partial charge < -0.3 is 10.4 Å². The van der Waals surface area contributed by atoms with Crippen molar-refractivity contribution in [1.82, 2.24) is 5.32 Å². The van der Waals surface area contributed by atoms with Crippen LogP contribution in [0.15, 0.2) is 35.5 Å². The van der Waals surface area contributed by atoms with E-state index in [1.807, 2.05) is 0 Å². The summed E-state index contributed by atoms with van der Waals surface area (Å²) < 4.78 is 0. The summed E-state index contributed by atoms with van der Waals surface area (Å²) in [5.41, 5.74) is 0.263. The van der Waals surface area contributed by atoms with Crippen LogP contribution in [0.1, 0.15) is 24.8 Å². The first kappa shape index (κ1) is 13.7. The van der Waals surface area contributed by atoms with Gasteiger partial charge in [0.15, 0.2) is 0 Å². The molecule has 0 saturated carbocycles. The van der Waals surface area contributed by atoms with Crippen molar-refractivity contribution >= 4 is 17.6 Å². The van der Waals surface area contributed by atoms with Crippen LogP contribution in [0.25, 0.3) is 0 Å². The molecule has 20 heavy (non-hydrogen) atoms. The highest BCUT2D eigenvalue weighted by Gasteiger charge is 2.35. The zero-order chi connectivity index (χ0) is 14.9. The van der Waals surface area contributed by atoms with Gasteiger partial charge in [-0.1, -0.05) is 18.2 Å². The van der Waals surface area contributed by atoms with Crippen molar-refractivity contribution in [2.24, 2.45) is 0 Å². The lowest BCUT2D eigenvalue weighted by atomic mass is 9.84. The number of carboxylic acids is 1. The molecule has 0 fully saturated rings. The third kappa shape index (κ3) is 2.37. The van der Waals surface area contributed by atoms with Gasteiger partial charge in [0.05, 0.1) is 10.5 Å². The number of carbonyl (C=O) groups excluding carboxylic acids is 1. The second kappa shape index (κ2) is 5.12. The molecule has 0 spiro atoms. The maximum Gasteiger partial charge on any atom is 0.333 e. The van der Waals surface area contributed by atoms with Gasteiger partial charge in [-0.3, -0.25) is 14.9 Å². The summed E-state index contributed by atoms with van der Waals surface area (Å²) in [6.07, 6.45) is -0.121. The number of allylic oxidation sites excluding steroid dienone is 1. The highest BCUT2D eigenvalue weighted by molar-refractivity contribution is 5.95. The van der Waals surface area contributed by atoms with Gasteiger partial charge in [-0.15, -0.1) is 0 Å². The molecule has 0 unspecified atom stereocenters. The highest BCUT2D eigenvalue weighted by Crippen LogP contribution is 2.37. The summed E-state index contributed by atoms with van der Waals surface area (Å²) in [7, 11) is 0. The van der Waals surface area contributed by atoms with E-state index in [-0.39, 0.29) is 34.8 Å². The molecule has 1 aromatic rings. The van der Waals surface area contributed by atoms with E-state index in [9.17, 15) is 24.8 Å². The molecular weight excluding hydrogens is 264 g/mol.